The van der Waals surface area contributed by atoms with Crippen molar-refractivity contribution in [3.05, 3.63) is 29.8 Å². The highest BCUT2D eigenvalue weighted by Crippen LogP contribution is 2.28. The summed E-state index contributed by atoms with van der Waals surface area (Å²) in [6.45, 7) is 7.91. The predicted molar refractivity (Wildman–Crippen MR) is 111 cm³/mol. The second kappa shape index (κ2) is 7.98. The molecule has 9 nitrogen and oxygen atoms in total. The Morgan fingerprint density at radius 3 is 2.45 bits per heavy atom. The maximum atomic E-state index is 12.9. The van der Waals surface area contributed by atoms with Gasteiger partial charge in [0.2, 0.25) is 15.4 Å². The van der Waals surface area contributed by atoms with Crippen LogP contribution in [0.1, 0.15) is 33.3 Å². The van der Waals surface area contributed by atoms with E-state index in [1.165, 1.54) is 11.2 Å². The van der Waals surface area contributed by atoms with Gasteiger partial charge in [0.1, 0.15) is 0 Å². The molecular formula is C18H25N5O4S2. The Morgan fingerprint density at radius 1 is 1.24 bits per heavy atom. The molecular weight excluding hydrogens is 414 g/mol. The summed E-state index contributed by atoms with van der Waals surface area (Å²) < 4.78 is 27.1. The normalized spacial score (nSPS) is 18.7. The van der Waals surface area contributed by atoms with Crippen LogP contribution in [-0.2, 0) is 20.4 Å². The van der Waals surface area contributed by atoms with Crippen LogP contribution >= 0.6 is 11.3 Å². The van der Waals surface area contributed by atoms with Gasteiger partial charge >= 0.3 is 0 Å². The van der Waals surface area contributed by atoms with Crippen molar-refractivity contribution in [3.8, 4) is 0 Å². The molecule has 0 radical (unpaired) electrons. The molecule has 29 heavy (non-hydrogen) atoms. The molecule has 0 unspecified atom stereocenters. The maximum Gasteiger partial charge on any atom is 0.272 e. The van der Waals surface area contributed by atoms with Gasteiger partial charge in [0.25, 0.3) is 10.0 Å². The quantitative estimate of drug-likeness (QED) is 0.680. The zero-order chi connectivity index (χ0) is 21.4. The number of carbonyl (C=O) groups is 1. The van der Waals surface area contributed by atoms with E-state index in [-0.39, 0.29) is 21.4 Å². The molecule has 3 rings (SSSR count). The first-order valence-electron chi connectivity index (χ1n) is 9.19. The van der Waals surface area contributed by atoms with Crippen LogP contribution in [0.25, 0.3) is 0 Å². The maximum absolute atomic E-state index is 12.9. The highest BCUT2D eigenvalue weighted by Gasteiger charge is 2.35. The lowest BCUT2D eigenvalue weighted by Crippen LogP contribution is -2.53. The largest absolute Gasteiger partial charge is 0.386 e. The van der Waals surface area contributed by atoms with Gasteiger partial charge in [-0.2, -0.15) is 4.31 Å². The Balaban J connectivity index is 1.72. The Hall–Kier alpha value is -2.08. The molecule has 1 aromatic heterocycles. The number of carbonyl (C=O) groups excluding carboxylic acids is 1. The van der Waals surface area contributed by atoms with E-state index in [2.05, 4.69) is 20.4 Å². The molecule has 1 aliphatic rings. The third-order valence-electron chi connectivity index (χ3n) is 4.75. The minimum Gasteiger partial charge on any atom is -0.386 e. The third-order valence-corrected chi connectivity index (χ3v) is 7.80. The van der Waals surface area contributed by atoms with Gasteiger partial charge in [-0.3, -0.25) is 4.79 Å². The fourth-order valence-corrected chi connectivity index (χ4v) is 5.81. The molecule has 1 aromatic carbocycles. The molecule has 0 aliphatic carbocycles. The summed E-state index contributed by atoms with van der Waals surface area (Å²) in [4.78, 5) is 13.3. The van der Waals surface area contributed by atoms with Crippen LogP contribution in [0.4, 0.5) is 10.8 Å². The summed E-state index contributed by atoms with van der Waals surface area (Å²) in [5.74, 6) is -0.331. The van der Waals surface area contributed by atoms with Gasteiger partial charge in [-0.1, -0.05) is 23.5 Å². The lowest BCUT2D eigenvalue weighted by molar-refractivity contribution is -0.114. The van der Waals surface area contributed by atoms with Crippen molar-refractivity contribution < 1.29 is 18.3 Å². The topological polar surface area (TPSA) is 116 Å². The van der Waals surface area contributed by atoms with Crippen LogP contribution in [0.5, 0.6) is 0 Å². The molecule has 2 heterocycles. The van der Waals surface area contributed by atoms with Crippen molar-refractivity contribution >= 4 is 38.1 Å². The molecule has 0 saturated carbocycles. The fourth-order valence-electron chi connectivity index (χ4n) is 3.21. The third kappa shape index (κ3) is 4.74. The van der Waals surface area contributed by atoms with Crippen LogP contribution in [0, 0.1) is 0 Å². The van der Waals surface area contributed by atoms with E-state index in [1.807, 2.05) is 31.2 Å². The summed E-state index contributed by atoms with van der Waals surface area (Å²) in [6.07, 6.45) is 0. The van der Waals surface area contributed by atoms with Crippen LogP contribution in [-0.4, -0.2) is 59.6 Å². The Labute approximate surface area is 174 Å². The van der Waals surface area contributed by atoms with Crippen LogP contribution < -0.4 is 10.2 Å². The van der Waals surface area contributed by atoms with E-state index in [1.54, 1.807) is 13.8 Å². The number of rotatable bonds is 5. The average Bonchev–Trinajstić information content (AvgIpc) is 3.09. The molecule has 1 amide bonds. The summed E-state index contributed by atoms with van der Waals surface area (Å²) in [6, 6.07) is 7.61. The second-order valence-corrected chi connectivity index (χ2v) is 10.7. The van der Waals surface area contributed by atoms with Crippen molar-refractivity contribution in [1.82, 2.24) is 14.5 Å². The lowest BCUT2D eigenvalue weighted by Gasteiger charge is -2.40. The van der Waals surface area contributed by atoms with Crippen LogP contribution in [0.2, 0.25) is 0 Å². The van der Waals surface area contributed by atoms with Gasteiger partial charge in [0.15, 0.2) is 0 Å². The molecule has 0 spiro atoms. The minimum absolute atomic E-state index is 0.0470. The number of anilines is 2. The first kappa shape index (κ1) is 21.6. The number of aliphatic hydroxyl groups is 1. The van der Waals surface area contributed by atoms with E-state index < -0.39 is 15.6 Å². The molecule has 158 valence electrons. The van der Waals surface area contributed by atoms with Crippen LogP contribution in [0.3, 0.4) is 0 Å². The van der Waals surface area contributed by atoms with Crippen molar-refractivity contribution in [3.63, 3.8) is 0 Å². The van der Waals surface area contributed by atoms with Gasteiger partial charge in [-0.15, -0.1) is 10.2 Å². The van der Waals surface area contributed by atoms with E-state index in [4.69, 9.17) is 0 Å². The van der Waals surface area contributed by atoms with Crippen molar-refractivity contribution in [1.29, 1.82) is 0 Å². The van der Waals surface area contributed by atoms with Crippen molar-refractivity contribution in [2.45, 2.75) is 43.7 Å². The van der Waals surface area contributed by atoms with Gasteiger partial charge in [0, 0.05) is 38.3 Å². The van der Waals surface area contributed by atoms with Gasteiger partial charge in [-0.05, 0) is 38.5 Å². The number of aromatic nitrogens is 2. The van der Waals surface area contributed by atoms with E-state index >= 15 is 0 Å². The summed E-state index contributed by atoms with van der Waals surface area (Å²) in [5, 5.41) is 20.2. The van der Waals surface area contributed by atoms with E-state index in [0.29, 0.717) is 19.6 Å². The zero-order valence-corrected chi connectivity index (χ0v) is 18.4. The molecule has 2 aromatic rings. The highest BCUT2D eigenvalue weighted by molar-refractivity contribution is 7.91. The smallest absolute Gasteiger partial charge is 0.272 e. The lowest BCUT2D eigenvalue weighted by atomic mass is 9.98. The molecule has 1 atom stereocenters. The Kier molecular flexibility index (Phi) is 5.95. The number of sulfonamides is 1. The van der Waals surface area contributed by atoms with Gasteiger partial charge in [-0.25, -0.2) is 8.42 Å². The first-order chi connectivity index (χ1) is 13.5. The monoisotopic (exact) mass is 439 g/mol. The number of hydrogen-bond donors (Lipinski definition) is 2. The fraction of sp³-hybridized carbons (Fsp3) is 0.500. The molecule has 11 heteroatoms. The molecule has 1 aliphatic heterocycles. The number of nitrogens with one attached hydrogen (secondary N) is 1. The Bertz CT molecular complexity index is 982. The summed E-state index contributed by atoms with van der Waals surface area (Å²) in [5.41, 5.74) is 0.891. The highest BCUT2D eigenvalue weighted by atomic mass is 32.2. The first-order valence-corrected chi connectivity index (χ1v) is 11.4. The van der Waals surface area contributed by atoms with Crippen molar-refractivity contribution in [2.24, 2.45) is 0 Å². The SMILES string of the molecule is CC(=O)Nc1nnc(S(=O)(=O)N2CCN(c3ccc(C(C)(C)O)cc3)[C@@H](C)C2)s1. The average molecular weight is 440 g/mol. The molecule has 0 bridgehead atoms. The molecule has 1 fully saturated rings. The summed E-state index contributed by atoms with van der Waals surface area (Å²) >= 11 is 0.843. The zero-order valence-electron chi connectivity index (χ0n) is 16.8. The molecule has 1 saturated heterocycles. The number of nitrogens with zero attached hydrogens (tertiary/aromatic N) is 4. The number of hydrogen-bond acceptors (Lipinski definition) is 8. The van der Waals surface area contributed by atoms with E-state index in [0.717, 1.165) is 22.6 Å². The van der Waals surface area contributed by atoms with Crippen molar-refractivity contribution in [2.75, 3.05) is 29.9 Å². The predicted octanol–water partition coefficient (Wildman–Crippen LogP) is 1.62. The number of benzene rings is 1. The minimum atomic E-state index is -3.77. The van der Waals surface area contributed by atoms with Gasteiger partial charge < -0.3 is 15.3 Å². The Morgan fingerprint density at radius 2 is 1.90 bits per heavy atom. The second-order valence-electron chi connectivity index (χ2n) is 7.57. The van der Waals surface area contributed by atoms with Crippen LogP contribution in [0.15, 0.2) is 28.6 Å². The standard InChI is InChI=1S/C18H25N5O4S2/c1-12-11-22(29(26,27)17-21-20-16(28-17)19-13(2)24)9-10-23(12)15-7-5-14(6-8-15)18(3,4)25/h5-8,12,25H,9-11H2,1-4H3,(H,19,20,24)/t12-/m0/s1. The van der Waals surface area contributed by atoms with Gasteiger partial charge in [0.05, 0.1) is 5.60 Å². The molecule has 2 N–H and O–H groups in total. The summed E-state index contributed by atoms with van der Waals surface area (Å²) in [7, 11) is -3.77. The number of amides is 1. The number of piperazine rings is 1. The van der Waals surface area contributed by atoms with E-state index in [9.17, 15) is 18.3 Å².